The molecular weight excluding hydrogens is 348 g/mol. The SMILES string of the molecule is CSc1cccc(NC(=O)[C@H]2CC(=O)N(CCc3ccc(O)cc3)C2)c1. The number of amides is 2. The summed E-state index contributed by atoms with van der Waals surface area (Å²) in [4.78, 5) is 27.5. The second-order valence-electron chi connectivity index (χ2n) is 6.38. The summed E-state index contributed by atoms with van der Waals surface area (Å²) in [5.74, 6) is -0.181. The molecule has 1 atom stereocenters. The van der Waals surface area contributed by atoms with E-state index in [-0.39, 0.29) is 29.9 Å². The Kier molecular flexibility index (Phi) is 5.83. The minimum absolute atomic E-state index is 0.0155. The fraction of sp³-hybridized carbons (Fsp3) is 0.300. The molecule has 0 bridgehead atoms. The number of carbonyl (C=O) groups is 2. The van der Waals surface area contributed by atoms with Crippen molar-refractivity contribution in [3.8, 4) is 5.75 Å². The number of anilines is 1. The van der Waals surface area contributed by atoms with Crippen molar-refractivity contribution < 1.29 is 14.7 Å². The lowest BCUT2D eigenvalue weighted by Gasteiger charge is -2.16. The lowest BCUT2D eigenvalue weighted by Crippen LogP contribution is -2.30. The van der Waals surface area contributed by atoms with Crippen LogP contribution in [0.2, 0.25) is 0 Å². The van der Waals surface area contributed by atoms with E-state index in [1.807, 2.05) is 42.7 Å². The largest absolute Gasteiger partial charge is 0.508 e. The summed E-state index contributed by atoms with van der Waals surface area (Å²) in [5, 5.41) is 12.2. The first-order valence-corrected chi connectivity index (χ1v) is 9.78. The summed E-state index contributed by atoms with van der Waals surface area (Å²) in [5.41, 5.74) is 1.81. The third-order valence-corrected chi connectivity index (χ3v) is 5.25. The molecule has 1 fully saturated rings. The monoisotopic (exact) mass is 370 g/mol. The lowest BCUT2D eigenvalue weighted by molar-refractivity contribution is -0.128. The summed E-state index contributed by atoms with van der Waals surface area (Å²) >= 11 is 1.62. The normalized spacial score (nSPS) is 16.7. The maximum atomic E-state index is 12.5. The first kappa shape index (κ1) is 18.3. The quantitative estimate of drug-likeness (QED) is 0.767. The molecule has 1 aliphatic rings. The van der Waals surface area contributed by atoms with Gasteiger partial charge in [0, 0.05) is 30.1 Å². The standard InChI is InChI=1S/C20H22N2O3S/c1-26-18-4-2-3-16(12-18)21-20(25)15-11-19(24)22(13-15)10-9-14-5-7-17(23)8-6-14/h2-8,12,15,23H,9-11,13H2,1H3,(H,21,25)/t15-/m0/s1. The minimum Gasteiger partial charge on any atom is -0.508 e. The van der Waals surface area contributed by atoms with E-state index in [2.05, 4.69) is 5.32 Å². The molecule has 2 N–H and O–H groups in total. The molecule has 0 saturated carbocycles. The van der Waals surface area contributed by atoms with Gasteiger partial charge in [-0.15, -0.1) is 11.8 Å². The number of carbonyl (C=O) groups excluding carboxylic acids is 2. The molecule has 0 unspecified atom stereocenters. The summed E-state index contributed by atoms with van der Waals surface area (Å²) in [7, 11) is 0. The van der Waals surface area contributed by atoms with Gasteiger partial charge in [0.25, 0.3) is 0 Å². The molecule has 3 rings (SSSR count). The molecule has 2 aromatic rings. The van der Waals surface area contributed by atoms with Crippen molar-refractivity contribution in [1.29, 1.82) is 0 Å². The molecular formula is C20H22N2O3S. The predicted molar refractivity (Wildman–Crippen MR) is 103 cm³/mol. The molecule has 26 heavy (non-hydrogen) atoms. The van der Waals surface area contributed by atoms with E-state index in [1.165, 1.54) is 0 Å². The van der Waals surface area contributed by atoms with Crippen LogP contribution in [0.5, 0.6) is 5.75 Å². The Morgan fingerprint density at radius 2 is 2.04 bits per heavy atom. The number of benzene rings is 2. The van der Waals surface area contributed by atoms with Crippen LogP contribution in [0, 0.1) is 5.92 Å². The van der Waals surface area contributed by atoms with E-state index in [1.54, 1.807) is 28.8 Å². The van der Waals surface area contributed by atoms with Crippen LogP contribution in [0.4, 0.5) is 5.69 Å². The molecule has 2 aromatic carbocycles. The van der Waals surface area contributed by atoms with Crippen LogP contribution < -0.4 is 5.32 Å². The second kappa shape index (κ2) is 8.27. The average molecular weight is 370 g/mol. The molecule has 5 nitrogen and oxygen atoms in total. The summed E-state index contributed by atoms with van der Waals surface area (Å²) < 4.78 is 0. The van der Waals surface area contributed by atoms with Crippen molar-refractivity contribution in [2.75, 3.05) is 24.7 Å². The van der Waals surface area contributed by atoms with Crippen LogP contribution in [0.3, 0.4) is 0 Å². The topological polar surface area (TPSA) is 69.6 Å². The number of likely N-dealkylation sites (tertiary alicyclic amines) is 1. The van der Waals surface area contributed by atoms with Gasteiger partial charge in [-0.1, -0.05) is 18.2 Å². The Bertz CT molecular complexity index is 792. The number of nitrogens with one attached hydrogen (secondary N) is 1. The van der Waals surface area contributed by atoms with Gasteiger partial charge in [-0.05, 0) is 48.6 Å². The van der Waals surface area contributed by atoms with Gasteiger partial charge in [-0.2, -0.15) is 0 Å². The van der Waals surface area contributed by atoms with Crippen molar-refractivity contribution in [1.82, 2.24) is 4.90 Å². The van der Waals surface area contributed by atoms with Crippen LogP contribution in [0.15, 0.2) is 53.4 Å². The third kappa shape index (κ3) is 4.58. The Labute approximate surface area is 157 Å². The highest BCUT2D eigenvalue weighted by Gasteiger charge is 2.34. The minimum atomic E-state index is -0.319. The zero-order valence-electron chi connectivity index (χ0n) is 14.6. The van der Waals surface area contributed by atoms with Crippen molar-refractivity contribution in [2.45, 2.75) is 17.7 Å². The number of nitrogens with zero attached hydrogens (tertiary/aromatic N) is 1. The fourth-order valence-electron chi connectivity index (χ4n) is 3.04. The molecule has 0 aliphatic carbocycles. The smallest absolute Gasteiger partial charge is 0.229 e. The number of hydrogen-bond donors (Lipinski definition) is 2. The van der Waals surface area contributed by atoms with Crippen molar-refractivity contribution >= 4 is 29.3 Å². The zero-order valence-corrected chi connectivity index (χ0v) is 15.5. The third-order valence-electron chi connectivity index (χ3n) is 4.53. The van der Waals surface area contributed by atoms with Gasteiger partial charge < -0.3 is 15.3 Å². The maximum absolute atomic E-state index is 12.5. The summed E-state index contributed by atoms with van der Waals surface area (Å²) in [6.45, 7) is 1.03. The van der Waals surface area contributed by atoms with Crippen LogP contribution >= 0.6 is 11.8 Å². The van der Waals surface area contributed by atoms with Crippen molar-refractivity contribution in [3.63, 3.8) is 0 Å². The molecule has 1 saturated heterocycles. The Hall–Kier alpha value is -2.47. The number of thioether (sulfide) groups is 1. The molecule has 1 heterocycles. The van der Waals surface area contributed by atoms with Crippen molar-refractivity contribution in [2.24, 2.45) is 5.92 Å². The summed E-state index contributed by atoms with van der Waals surface area (Å²) in [6.07, 6.45) is 2.95. The highest BCUT2D eigenvalue weighted by atomic mass is 32.2. The molecule has 0 aromatic heterocycles. The number of aromatic hydroxyl groups is 1. The Morgan fingerprint density at radius 3 is 2.77 bits per heavy atom. The van der Waals surface area contributed by atoms with Crippen molar-refractivity contribution in [3.05, 3.63) is 54.1 Å². The first-order chi connectivity index (χ1) is 12.5. The molecule has 6 heteroatoms. The van der Waals surface area contributed by atoms with Gasteiger partial charge in [0.1, 0.15) is 5.75 Å². The van der Waals surface area contributed by atoms with Gasteiger partial charge >= 0.3 is 0 Å². The lowest BCUT2D eigenvalue weighted by atomic mass is 10.1. The highest BCUT2D eigenvalue weighted by Crippen LogP contribution is 2.23. The van der Waals surface area contributed by atoms with E-state index in [4.69, 9.17) is 0 Å². The Morgan fingerprint density at radius 1 is 1.27 bits per heavy atom. The predicted octanol–water partition coefficient (Wildman–Crippen LogP) is 3.14. The average Bonchev–Trinajstić information content (AvgIpc) is 3.02. The second-order valence-corrected chi connectivity index (χ2v) is 7.26. The van der Waals surface area contributed by atoms with Crippen LogP contribution in [-0.4, -0.2) is 41.2 Å². The molecule has 2 amide bonds. The summed E-state index contributed by atoms with van der Waals surface area (Å²) in [6, 6.07) is 14.7. The first-order valence-electron chi connectivity index (χ1n) is 8.56. The Balaban J connectivity index is 1.54. The number of phenolic OH excluding ortho intramolecular Hbond substituents is 1. The maximum Gasteiger partial charge on any atom is 0.229 e. The molecule has 0 radical (unpaired) electrons. The fourth-order valence-corrected chi connectivity index (χ4v) is 3.50. The van der Waals surface area contributed by atoms with Gasteiger partial charge in [-0.25, -0.2) is 0 Å². The van der Waals surface area contributed by atoms with E-state index in [0.717, 1.165) is 16.1 Å². The zero-order chi connectivity index (χ0) is 18.5. The van der Waals surface area contributed by atoms with Crippen LogP contribution in [0.1, 0.15) is 12.0 Å². The highest BCUT2D eigenvalue weighted by molar-refractivity contribution is 7.98. The van der Waals surface area contributed by atoms with E-state index in [0.29, 0.717) is 19.5 Å². The van der Waals surface area contributed by atoms with Gasteiger partial charge in [0.2, 0.25) is 11.8 Å². The van der Waals surface area contributed by atoms with E-state index < -0.39 is 0 Å². The van der Waals surface area contributed by atoms with E-state index >= 15 is 0 Å². The van der Waals surface area contributed by atoms with Crippen LogP contribution in [-0.2, 0) is 16.0 Å². The molecule has 1 aliphatic heterocycles. The van der Waals surface area contributed by atoms with Gasteiger partial charge in [0.05, 0.1) is 5.92 Å². The van der Waals surface area contributed by atoms with Gasteiger partial charge in [-0.3, -0.25) is 9.59 Å². The van der Waals surface area contributed by atoms with Crippen LogP contribution in [0.25, 0.3) is 0 Å². The molecule has 136 valence electrons. The van der Waals surface area contributed by atoms with E-state index in [9.17, 15) is 14.7 Å². The van der Waals surface area contributed by atoms with Gasteiger partial charge in [0.15, 0.2) is 0 Å². The number of rotatable bonds is 6. The number of phenols is 1. The number of hydrogen-bond acceptors (Lipinski definition) is 4. The molecule has 0 spiro atoms.